The largest absolute Gasteiger partial charge is 0.439 e. The number of carbonyl (C=O) groups is 1. The quantitative estimate of drug-likeness (QED) is 0.150. The molecule has 1 aliphatic rings. The molecular weight excluding hydrogens is 500 g/mol. The number of aromatic nitrogens is 1. The van der Waals surface area contributed by atoms with E-state index in [1.807, 2.05) is 78.9 Å². The van der Waals surface area contributed by atoms with Crippen molar-refractivity contribution in [3.05, 3.63) is 135 Å². The van der Waals surface area contributed by atoms with Gasteiger partial charge in [-0.05, 0) is 46.7 Å². The van der Waals surface area contributed by atoms with Gasteiger partial charge in [-0.2, -0.15) is 0 Å². The number of hydrogen-bond donors (Lipinski definition) is 0. The maximum atomic E-state index is 13.4. The van der Waals surface area contributed by atoms with Crippen LogP contribution in [0.25, 0.3) is 6.08 Å². The first-order chi connectivity index (χ1) is 18.5. The fourth-order valence-electron chi connectivity index (χ4n) is 3.72. The number of pyridine rings is 1. The number of benzene rings is 3. The number of ether oxygens (including phenoxy) is 1. The first-order valence-electron chi connectivity index (χ1n) is 11.8. The lowest BCUT2D eigenvalue weighted by Crippen LogP contribution is -2.28. The highest BCUT2D eigenvalue weighted by molar-refractivity contribution is 8.18. The van der Waals surface area contributed by atoms with Gasteiger partial charge in [-0.3, -0.25) is 24.8 Å². The molecule has 0 radical (unpaired) electrons. The van der Waals surface area contributed by atoms with Crippen LogP contribution in [-0.2, 0) is 17.9 Å². The number of carbonyl (C=O) groups excluding carboxylic acids is 1. The van der Waals surface area contributed by atoms with Crippen molar-refractivity contribution >= 4 is 34.6 Å². The fraction of sp³-hybridized carbons (Fsp3) is 0.0690. The molecule has 0 saturated carbocycles. The summed E-state index contributed by atoms with van der Waals surface area (Å²) < 4.78 is 5.68. The third-order valence-corrected chi connectivity index (χ3v) is 6.69. The predicted octanol–water partition coefficient (Wildman–Crippen LogP) is 6.45. The Morgan fingerprint density at radius 3 is 2.24 bits per heavy atom. The van der Waals surface area contributed by atoms with E-state index >= 15 is 0 Å². The maximum absolute atomic E-state index is 13.4. The van der Waals surface area contributed by atoms with Crippen molar-refractivity contribution in [3.63, 3.8) is 0 Å². The Morgan fingerprint density at radius 2 is 1.61 bits per heavy atom. The Hall–Kier alpha value is -4.76. The normalized spacial score (nSPS) is 15.3. The highest BCUT2D eigenvalue weighted by Gasteiger charge is 2.33. The van der Waals surface area contributed by atoms with Crippen LogP contribution < -0.4 is 4.74 Å². The van der Waals surface area contributed by atoms with Crippen LogP contribution in [0.1, 0.15) is 16.7 Å². The molecule has 0 spiro atoms. The zero-order valence-corrected chi connectivity index (χ0v) is 21.0. The van der Waals surface area contributed by atoms with E-state index < -0.39 is 4.92 Å². The van der Waals surface area contributed by atoms with Crippen molar-refractivity contribution in [2.24, 2.45) is 4.99 Å². The molecule has 0 atom stereocenters. The summed E-state index contributed by atoms with van der Waals surface area (Å²) in [4.78, 5) is 34.7. The van der Waals surface area contributed by atoms with Crippen molar-refractivity contribution < 1.29 is 14.5 Å². The zero-order chi connectivity index (χ0) is 26.3. The Morgan fingerprint density at radius 1 is 0.921 bits per heavy atom. The van der Waals surface area contributed by atoms with E-state index in [0.29, 0.717) is 28.9 Å². The molecule has 2 heterocycles. The number of hydrogen-bond acceptors (Lipinski definition) is 7. The summed E-state index contributed by atoms with van der Waals surface area (Å²) in [5, 5.41) is 11.5. The van der Waals surface area contributed by atoms with Crippen LogP contribution in [0.5, 0.6) is 11.6 Å². The number of aliphatic imine (C=N–C) groups is 1. The summed E-state index contributed by atoms with van der Waals surface area (Å²) in [6, 6.07) is 29.7. The minimum absolute atomic E-state index is 0.0962. The molecule has 1 fully saturated rings. The number of thioether (sulfide) groups is 1. The van der Waals surface area contributed by atoms with Crippen LogP contribution in [0.4, 0.5) is 5.69 Å². The van der Waals surface area contributed by atoms with Gasteiger partial charge >= 0.3 is 0 Å². The van der Waals surface area contributed by atoms with Gasteiger partial charge in [0.1, 0.15) is 11.9 Å². The highest BCUT2D eigenvalue weighted by Crippen LogP contribution is 2.34. The fourth-order valence-corrected chi connectivity index (χ4v) is 4.69. The molecular formula is C29H22N4O4S. The minimum atomic E-state index is -0.514. The molecule has 4 aromatic rings. The maximum Gasteiger partial charge on any atom is 0.287 e. The van der Waals surface area contributed by atoms with Gasteiger partial charge in [0.2, 0.25) is 5.88 Å². The Balaban J connectivity index is 1.33. The van der Waals surface area contributed by atoms with Crippen molar-refractivity contribution in [2.45, 2.75) is 13.1 Å². The van der Waals surface area contributed by atoms with Crippen LogP contribution in [0, 0.1) is 10.1 Å². The lowest BCUT2D eigenvalue weighted by Gasteiger charge is -2.15. The molecule has 9 heteroatoms. The molecule has 1 aliphatic heterocycles. The second-order valence-electron chi connectivity index (χ2n) is 8.35. The van der Waals surface area contributed by atoms with E-state index in [2.05, 4.69) is 4.98 Å². The van der Waals surface area contributed by atoms with Crippen molar-refractivity contribution in [2.75, 3.05) is 0 Å². The van der Waals surface area contributed by atoms with Gasteiger partial charge in [0.25, 0.3) is 11.6 Å². The van der Waals surface area contributed by atoms with Gasteiger partial charge in [-0.25, -0.2) is 4.98 Å². The molecule has 1 amide bonds. The van der Waals surface area contributed by atoms with E-state index in [4.69, 9.17) is 9.73 Å². The van der Waals surface area contributed by atoms with E-state index in [-0.39, 0.29) is 17.5 Å². The summed E-state index contributed by atoms with van der Waals surface area (Å²) in [6.45, 7) is 0.921. The molecule has 1 aromatic heterocycles. The lowest BCUT2D eigenvalue weighted by molar-refractivity contribution is -0.385. The van der Waals surface area contributed by atoms with E-state index in [1.165, 1.54) is 23.9 Å². The van der Waals surface area contributed by atoms with Crippen LogP contribution in [0.15, 0.2) is 113 Å². The Labute approximate surface area is 223 Å². The first-order valence-corrected chi connectivity index (χ1v) is 12.6. The summed E-state index contributed by atoms with van der Waals surface area (Å²) in [6.07, 6.45) is 2.99. The third-order valence-electron chi connectivity index (χ3n) is 5.64. The molecule has 0 N–H and O–H groups in total. The smallest absolute Gasteiger partial charge is 0.287 e. The van der Waals surface area contributed by atoms with Crippen LogP contribution >= 0.6 is 11.8 Å². The molecule has 38 heavy (non-hydrogen) atoms. The molecule has 5 rings (SSSR count). The number of rotatable bonds is 8. The van der Waals surface area contributed by atoms with E-state index in [9.17, 15) is 14.9 Å². The van der Waals surface area contributed by atoms with Gasteiger partial charge in [-0.1, -0.05) is 72.8 Å². The summed E-state index contributed by atoms with van der Waals surface area (Å²) in [5.74, 6) is 0.676. The number of nitrogens with zero attached hydrogens (tertiary/aromatic N) is 4. The summed E-state index contributed by atoms with van der Waals surface area (Å²) >= 11 is 1.36. The Bertz CT molecular complexity index is 1490. The second-order valence-corrected chi connectivity index (χ2v) is 9.36. The molecule has 0 aliphatic carbocycles. The van der Waals surface area contributed by atoms with E-state index in [1.54, 1.807) is 17.0 Å². The molecule has 0 unspecified atom stereocenters. The molecule has 1 saturated heterocycles. The molecule has 0 bridgehead atoms. The summed E-state index contributed by atoms with van der Waals surface area (Å²) in [7, 11) is 0. The van der Waals surface area contributed by atoms with Gasteiger partial charge in [-0.15, -0.1) is 0 Å². The van der Waals surface area contributed by atoms with Crippen molar-refractivity contribution in [1.82, 2.24) is 9.88 Å². The third kappa shape index (κ3) is 6.13. The molecule has 188 valence electrons. The van der Waals surface area contributed by atoms with Gasteiger partial charge in [0, 0.05) is 12.1 Å². The first kappa shape index (κ1) is 24.9. The van der Waals surface area contributed by atoms with Crippen molar-refractivity contribution in [1.29, 1.82) is 0 Å². The van der Waals surface area contributed by atoms with Gasteiger partial charge < -0.3 is 4.74 Å². The Kier molecular flexibility index (Phi) is 7.56. The van der Waals surface area contributed by atoms with Crippen molar-refractivity contribution in [3.8, 4) is 11.6 Å². The minimum Gasteiger partial charge on any atom is -0.439 e. The predicted molar refractivity (Wildman–Crippen MR) is 148 cm³/mol. The monoisotopic (exact) mass is 522 g/mol. The van der Waals surface area contributed by atoms with Gasteiger partial charge in [0.15, 0.2) is 5.17 Å². The highest BCUT2D eigenvalue weighted by atomic mass is 32.2. The second kappa shape index (κ2) is 11.5. The van der Waals surface area contributed by atoms with Crippen LogP contribution in [0.3, 0.4) is 0 Å². The number of amides is 1. The number of amidine groups is 1. The standard InChI is InChI=1S/C29H22N4O4S/c34-28-26(17-21-11-14-25(15-12-21)37-27-16-13-24(19-30-27)33(35)36)38-29(31-18-22-7-3-1-4-8-22)32(28)20-23-9-5-2-6-10-23/h1-17,19H,18,20H2/b26-17-,31-29?. The summed E-state index contributed by atoms with van der Waals surface area (Å²) in [5.41, 5.74) is 2.82. The molecule has 8 nitrogen and oxygen atoms in total. The van der Waals surface area contributed by atoms with Crippen LogP contribution in [0.2, 0.25) is 0 Å². The molecule has 3 aromatic carbocycles. The topological polar surface area (TPSA) is 97.9 Å². The van der Waals surface area contributed by atoms with E-state index in [0.717, 1.165) is 22.9 Å². The van der Waals surface area contributed by atoms with Crippen LogP contribution in [-0.4, -0.2) is 25.9 Å². The van der Waals surface area contributed by atoms with Gasteiger partial charge in [0.05, 0.1) is 22.9 Å². The average Bonchev–Trinajstić information content (AvgIpc) is 3.23. The zero-order valence-electron chi connectivity index (χ0n) is 20.1. The lowest BCUT2D eigenvalue weighted by atomic mass is 10.2. The number of nitro groups is 1. The average molecular weight is 523 g/mol. The SMILES string of the molecule is O=C1/C(=C/c2ccc(Oc3ccc([N+](=O)[O-])cn3)cc2)SC(=NCc2ccccc2)N1Cc1ccccc1.